The minimum Gasteiger partial charge on any atom is -0.508 e. The van der Waals surface area contributed by atoms with Crippen LogP contribution in [0, 0.1) is 23.7 Å². The van der Waals surface area contributed by atoms with Crippen LogP contribution >= 0.6 is 0 Å². The molecule has 18 nitrogen and oxygen atoms in total. The lowest BCUT2D eigenvalue weighted by molar-refractivity contribution is -0.140. The summed E-state index contributed by atoms with van der Waals surface area (Å²) in [4.78, 5) is 30.6. The number of rotatable bonds is 19. The average molecular weight is 1880 g/mol. The third kappa shape index (κ3) is 23.1. The van der Waals surface area contributed by atoms with Gasteiger partial charge in [-0.3, -0.25) is 19.4 Å². The highest BCUT2D eigenvalue weighted by Crippen LogP contribution is 2.56. The lowest BCUT2D eigenvalue weighted by Crippen LogP contribution is -2.59. The quantitative estimate of drug-likeness (QED) is 0.0287. The van der Waals surface area contributed by atoms with E-state index in [1.165, 1.54) is 97.9 Å². The van der Waals surface area contributed by atoms with Gasteiger partial charge in [-0.1, -0.05) is 241 Å². The normalized spacial score (nSPS) is 25.4. The Morgan fingerprint density at radius 3 is 1.15 bits per heavy atom. The highest BCUT2D eigenvalue weighted by molar-refractivity contribution is 8.11. The standard InChI is InChI=1S/C24H28F3NO3S.C23H27NO2.C23H29NO.C15H21NO.C8H5F6NO4S2.C8H8O2/c1-18-22-11-6-13-23(18,14-16-28(22)15-12-19-7-3-2-4-8-19)20-9-5-10-21(17-20)31-32(29,30)24(25,26)27;1-17-21-11-6-12-23(17,19-9-5-10-20(25)16-19)13-14-24(21)22(26)15-18-7-3-2-4-8-18;1-18-22-11-6-13-23(18,20-9-5-10-21(25)17-20)14-16-24(22)15-12-19-7-3-2-4-8-19;1-11-14-6-3-7-15(11,8-9-16-14)12-4-2-5-13(17)10-12;9-7(10,11)20(16,17)15(6-4-2-1-3-5-6)21(18,19)8(12,13)14;9-8(10)6-7-4-2-1-3-5-7/h2-5,7-10,17-18,22H,6,11-16H2,1H3;2-5,7-10,16-17,21,25H,6,11-15H2,1H3;2-5,7-10,17-18,22,25H,6,11-16H2,1H3;2,4-5,10-11,14,16-17H,3,6-9H2,1H3;1-5H;1-5H,6H2,(H,9,10)/t18-,22?,23?;17-,21?,23?;18-,22?,23?;11-,14?,15?;;/m0000../s1. The minimum absolute atomic E-state index is 0.0885. The Morgan fingerprint density at radius 1 is 0.405 bits per heavy atom. The van der Waals surface area contributed by atoms with Crippen molar-refractivity contribution in [1.29, 1.82) is 0 Å². The topological polar surface area (TPSA) is 252 Å². The van der Waals surface area contributed by atoms with Gasteiger partial charge in [0.25, 0.3) is 0 Å². The summed E-state index contributed by atoms with van der Waals surface area (Å²) in [6.07, 6.45) is 21.2. The Hall–Kier alpha value is -9.98. The molecule has 12 atom stereocenters. The summed E-state index contributed by atoms with van der Waals surface area (Å²) in [5.74, 6) is 2.37. The number of nitrogens with one attached hydrogen (secondary N) is 1. The number of carboxylic acid groups (broad SMARTS) is 1. The molecule has 1 amide bonds. The number of aromatic hydroxyl groups is 3. The van der Waals surface area contributed by atoms with Crippen LogP contribution in [0.1, 0.15) is 175 Å². The smallest absolute Gasteiger partial charge is 0.508 e. The molecule has 5 N–H and O–H groups in total. The Kier molecular flexibility index (Phi) is 32.4. The van der Waals surface area contributed by atoms with Gasteiger partial charge in [0.15, 0.2) is 0 Å². The van der Waals surface area contributed by atoms with E-state index in [0.717, 1.165) is 132 Å². The van der Waals surface area contributed by atoms with E-state index in [4.69, 9.17) is 5.11 Å². The minimum atomic E-state index is -6.81. The number of hydrogen-bond donors (Lipinski definition) is 5. The van der Waals surface area contributed by atoms with Gasteiger partial charge in [-0.15, -0.1) is 3.71 Å². The Morgan fingerprint density at radius 2 is 0.756 bits per heavy atom. The van der Waals surface area contributed by atoms with E-state index >= 15 is 0 Å². The number of piperidine rings is 4. The zero-order valence-electron chi connectivity index (χ0n) is 74.1. The fraction of sp³-hybridized carbons (Fsp3) is 0.446. The molecule has 8 fully saturated rings. The number of carbonyl (C=O) groups excluding carboxylic acids is 1. The molecule has 4 heterocycles. The molecule has 0 aromatic heterocycles. The molecule has 9 aromatic carbocycles. The second-order valence-corrected chi connectivity index (χ2v) is 41.4. The maximum absolute atomic E-state index is 13.0. The number of fused-ring (bicyclic) bond motifs is 8. The van der Waals surface area contributed by atoms with Crippen LogP contribution in [0.15, 0.2) is 249 Å². The van der Waals surface area contributed by atoms with Gasteiger partial charge in [0.05, 0.1) is 18.5 Å². The highest BCUT2D eigenvalue weighted by atomic mass is 32.3. The molecule has 4 aliphatic heterocycles. The number of para-hydroxylation sites is 1. The first kappa shape index (κ1) is 100. The number of carbonyl (C=O) groups is 2. The van der Waals surface area contributed by atoms with Crippen molar-refractivity contribution in [2.24, 2.45) is 23.7 Å². The van der Waals surface area contributed by atoms with Crippen molar-refractivity contribution in [3.05, 3.63) is 293 Å². The number of aliphatic carboxylic acids is 1. The molecular formula is C101H118F9N5O13S3. The van der Waals surface area contributed by atoms with E-state index in [0.29, 0.717) is 89.1 Å². The van der Waals surface area contributed by atoms with Crippen LogP contribution in [0.25, 0.3) is 0 Å². The van der Waals surface area contributed by atoms with Crippen molar-refractivity contribution in [2.45, 2.75) is 218 Å². The lowest BCUT2D eigenvalue weighted by atomic mass is 9.57. The maximum atomic E-state index is 13.0. The second kappa shape index (κ2) is 42.5. The maximum Gasteiger partial charge on any atom is 0.534 e. The van der Waals surface area contributed by atoms with Gasteiger partial charge in [-0.25, -0.2) is 0 Å². The van der Waals surface area contributed by atoms with Gasteiger partial charge < -0.3 is 34.8 Å². The Bertz CT molecular complexity index is 5570. The number of likely N-dealkylation sites (tertiary alicyclic amines) is 3. The van der Waals surface area contributed by atoms with E-state index in [9.17, 15) is 89.7 Å². The van der Waals surface area contributed by atoms with E-state index in [2.05, 4.69) is 113 Å². The van der Waals surface area contributed by atoms with Crippen LogP contribution in [0.5, 0.6) is 23.0 Å². The first-order chi connectivity index (χ1) is 62.1. The molecule has 0 spiro atoms. The van der Waals surface area contributed by atoms with Crippen molar-refractivity contribution >= 4 is 47.7 Å². The first-order valence-electron chi connectivity index (χ1n) is 45.0. The van der Waals surface area contributed by atoms with Crippen LogP contribution in [0.2, 0.25) is 0 Å². The Balaban J connectivity index is 0.000000146. The number of sulfonamides is 2. The van der Waals surface area contributed by atoms with E-state index in [1.807, 2.05) is 109 Å². The monoisotopic (exact) mass is 1880 g/mol. The molecule has 4 aliphatic carbocycles. The average Bonchev–Trinajstić information content (AvgIpc) is 0.751. The summed E-state index contributed by atoms with van der Waals surface area (Å²) >= 11 is 0. The number of phenols is 3. The number of nitrogens with zero attached hydrogens (tertiary/aromatic N) is 4. The van der Waals surface area contributed by atoms with Crippen molar-refractivity contribution in [3.8, 4) is 23.0 Å². The molecule has 131 heavy (non-hydrogen) atoms. The SMILES string of the molecule is C[C@H]1C2CCCC1(c1cccc(O)c1)CCN2.C[C@H]1C2CCCC1(c1cccc(O)c1)CCN2C(=O)Cc1ccccc1.C[C@H]1C2CCCC1(c1cccc(O)c1)CCN2CCc1ccccc1.C[C@H]1C2CCCC1(c1cccc(OS(=O)(=O)C(F)(F)F)c1)CCN2CCc1ccccc1.O=C(O)Cc1ccccc1.O=S(=O)(N(c1ccccc1)S(=O)(=O)C(F)(F)F)C(F)(F)F. The number of anilines is 1. The summed E-state index contributed by atoms with van der Waals surface area (Å²) in [7, 11) is -19.3. The third-order valence-corrected chi connectivity index (χ3v) is 33.7. The second-order valence-electron chi connectivity index (χ2n) is 36.1. The number of phenolic OH excluding ortho intramolecular Hbond substituents is 3. The van der Waals surface area contributed by atoms with Crippen molar-refractivity contribution in [3.63, 3.8) is 0 Å². The lowest BCUT2D eigenvalue weighted by Gasteiger charge is -2.56. The van der Waals surface area contributed by atoms with Gasteiger partial charge >= 0.3 is 52.7 Å². The van der Waals surface area contributed by atoms with Crippen molar-refractivity contribution < 1.29 is 99.0 Å². The summed E-state index contributed by atoms with van der Waals surface area (Å²) in [6, 6.07) is 76.3. The van der Waals surface area contributed by atoms with Crippen molar-refractivity contribution in [1.82, 2.24) is 20.0 Å². The van der Waals surface area contributed by atoms with Gasteiger partial charge in [-0.05, 0) is 238 Å². The molecule has 8 unspecified atom stereocenters. The summed E-state index contributed by atoms with van der Waals surface area (Å²) in [5.41, 5.74) is -9.29. The number of hydrogen-bond acceptors (Lipinski definition) is 15. The van der Waals surface area contributed by atoms with Gasteiger partial charge in [0, 0.05) is 65.5 Å². The zero-order valence-corrected chi connectivity index (χ0v) is 76.5. The highest BCUT2D eigenvalue weighted by Gasteiger charge is 2.62. The molecule has 8 bridgehead atoms. The number of benzene rings is 9. The molecule has 4 saturated carbocycles. The van der Waals surface area contributed by atoms with E-state index in [1.54, 1.807) is 36.4 Å². The molecular weight excluding hydrogens is 1760 g/mol. The predicted molar refractivity (Wildman–Crippen MR) is 489 cm³/mol. The molecule has 4 saturated heterocycles. The van der Waals surface area contributed by atoms with Crippen LogP contribution in [-0.2, 0) is 87.1 Å². The van der Waals surface area contributed by atoms with Crippen LogP contribution in [0.3, 0.4) is 0 Å². The molecule has 17 rings (SSSR count). The number of carboxylic acids is 1. The fourth-order valence-electron chi connectivity index (χ4n) is 22.2. The van der Waals surface area contributed by atoms with Crippen LogP contribution in [0.4, 0.5) is 45.2 Å². The van der Waals surface area contributed by atoms with Gasteiger partial charge in [0.1, 0.15) is 23.0 Å². The first-order valence-corrected chi connectivity index (χ1v) is 49.3. The van der Waals surface area contributed by atoms with Gasteiger partial charge in [0.2, 0.25) is 5.91 Å². The van der Waals surface area contributed by atoms with Crippen molar-refractivity contribution in [2.75, 3.05) is 43.0 Å². The molecule has 706 valence electrons. The van der Waals surface area contributed by atoms with E-state index < -0.39 is 62.1 Å². The molecule has 0 radical (unpaired) electrons. The summed E-state index contributed by atoms with van der Waals surface area (Å²) in [6.45, 7) is 15.5. The number of alkyl halides is 9. The predicted octanol–water partition coefficient (Wildman–Crippen LogP) is 20.7. The summed E-state index contributed by atoms with van der Waals surface area (Å²) in [5, 5.41) is 41.7. The van der Waals surface area contributed by atoms with E-state index in [-0.39, 0.29) is 34.3 Å². The zero-order chi connectivity index (χ0) is 94.4. The molecule has 30 heteroatoms. The van der Waals surface area contributed by atoms with Gasteiger partial charge in [-0.2, -0.15) is 64.8 Å². The number of amides is 1. The molecule has 9 aromatic rings. The fourth-order valence-corrected chi connectivity index (χ4v) is 25.4. The number of halogens is 9. The molecule has 8 aliphatic rings. The van der Waals surface area contributed by atoms with Crippen LogP contribution < -0.4 is 13.2 Å². The summed E-state index contributed by atoms with van der Waals surface area (Å²) < 4.78 is 183. The van der Waals surface area contributed by atoms with Crippen LogP contribution in [-0.4, -0.2) is 152 Å². The third-order valence-electron chi connectivity index (χ3n) is 29.1. The Labute approximate surface area is 763 Å². The largest absolute Gasteiger partial charge is 0.534 e.